The SMILES string of the molecule is Clc1nncc(NCCCN2CCCC2)n1. The average Bonchev–Trinajstić information content (AvgIpc) is 2.77. The van der Waals surface area contributed by atoms with Crippen molar-refractivity contribution in [2.24, 2.45) is 0 Å². The predicted molar refractivity (Wildman–Crippen MR) is 63.6 cm³/mol. The fourth-order valence-corrected chi connectivity index (χ4v) is 2.03. The van der Waals surface area contributed by atoms with E-state index in [1.807, 2.05) is 0 Å². The lowest BCUT2D eigenvalue weighted by Crippen LogP contribution is -2.22. The Labute approximate surface area is 100 Å². The van der Waals surface area contributed by atoms with Crippen molar-refractivity contribution in [3.63, 3.8) is 0 Å². The second-order valence-electron chi connectivity index (χ2n) is 3.94. The van der Waals surface area contributed by atoms with Gasteiger partial charge in [-0.05, 0) is 50.5 Å². The lowest BCUT2D eigenvalue weighted by molar-refractivity contribution is 0.337. The molecule has 0 aromatic carbocycles. The predicted octanol–water partition coefficient (Wildman–Crippen LogP) is 1.42. The van der Waals surface area contributed by atoms with Crippen LogP contribution in [-0.4, -0.2) is 46.3 Å². The molecule has 1 fully saturated rings. The van der Waals surface area contributed by atoms with Crippen molar-refractivity contribution in [3.05, 3.63) is 11.5 Å². The highest BCUT2D eigenvalue weighted by Gasteiger charge is 2.09. The number of nitrogens with zero attached hydrogens (tertiary/aromatic N) is 4. The lowest BCUT2D eigenvalue weighted by atomic mass is 10.4. The van der Waals surface area contributed by atoms with Crippen molar-refractivity contribution in [2.45, 2.75) is 19.3 Å². The summed E-state index contributed by atoms with van der Waals surface area (Å²) in [5, 5.41) is 10.7. The molecule has 6 heteroatoms. The Bertz CT molecular complexity index is 327. The van der Waals surface area contributed by atoms with Crippen LogP contribution in [0.25, 0.3) is 0 Å². The third-order valence-corrected chi connectivity index (χ3v) is 2.85. The zero-order chi connectivity index (χ0) is 11.2. The molecular weight excluding hydrogens is 226 g/mol. The number of rotatable bonds is 5. The summed E-state index contributed by atoms with van der Waals surface area (Å²) in [5.74, 6) is 0.696. The molecule has 0 aliphatic carbocycles. The van der Waals surface area contributed by atoms with Gasteiger partial charge in [-0.3, -0.25) is 0 Å². The van der Waals surface area contributed by atoms with Crippen molar-refractivity contribution < 1.29 is 0 Å². The molecule has 0 amide bonds. The molecule has 16 heavy (non-hydrogen) atoms. The molecule has 88 valence electrons. The van der Waals surface area contributed by atoms with Gasteiger partial charge in [0.15, 0.2) is 0 Å². The minimum absolute atomic E-state index is 0.185. The van der Waals surface area contributed by atoms with E-state index in [0.717, 1.165) is 19.5 Å². The molecule has 0 spiro atoms. The smallest absolute Gasteiger partial charge is 0.244 e. The topological polar surface area (TPSA) is 53.9 Å². The number of aromatic nitrogens is 3. The van der Waals surface area contributed by atoms with Crippen LogP contribution in [-0.2, 0) is 0 Å². The number of nitrogens with one attached hydrogen (secondary N) is 1. The van der Waals surface area contributed by atoms with Crippen molar-refractivity contribution in [1.82, 2.24) is 20.1 Å². The zero-order valence-electron chi connectivity index (χ0n) is 9.19. The molecular formula is C10H16ClN5. The molecule has 0 saturated carbocycles. The zero-order valence-corrected chi connectivity index (χ0v) is 9.95. The van der Waals surface area contributed by atoms with Crippen molar-refractivity contribution in [3.8, 4) is 0 Å². The maximum atomic E-state index is 5.63. The van der Waals surface area contributed by atoms with E-state index < -0.39 is 0 Å². The summed E-state index contributed by atoms with van der Waals surface area (Å²) in [6, 6.07) is 0. The van der Waals surface area contributed by atoms with Crippen LogP contribution in [0, 0.1) is 0 Å². The van der Waals surface area contributed by atoms with Gasteiger partial charge in [-0.25, -0.2) is 0 Å². The highest BCUT2D eigenvalue weighted by molar-refractivity contribution is 6.28. The Morgan fingerprint density at radius 3 is 2.94 bits per heavy atom. The van der Waals surface area contributed by atoms with Crippen LogP contribution in [0.3, 0.4) is 0 Å². The summed E-state index contributed by atoms with van der Waals surface area (Å²) < 4.78 is 0. The van der Waals surface area contributed by atoms with Gasteiger partial charge in [0.2, 0.25) is 5.28 Å². The van der Waals surface area contributed by atoms with Gasteiger partial charge in [-0.2, -0.15) is 10.1 Å². The van der Waals surface area contributed by atoms with Gasteiger partial charge < -0.3 is 10.2 Å². The van der Waals surface area contributed by atoms with Crippen LogP contribution in [0.5, 0.6) is 0 Å². The van der Waals surface area contributed by atoms with Gasteiger partial charge in [0, 0.05) is 6.54 Å². The van der Waals surface area contributed by atoms with Crippen molar-refractivity contribution in [2.75, 3.05) is 31.5 Å². The third-order valence-electron chi connectivity index (χ3n) is 2.69. The lowest BCUT2D eigenvalue weighted by Gasteiger charge is -2.14. The van der Waals surface area contributed by atoms with Gasteiger partial charge in [0.25, 0.3) is 0 Å². The Morgan fingerprint density at radius 2 is 2.19 bits per heavy atom. The Balaban J connectivity index is 1.64. The van der Waals surface area contributed by atoms with Crippen LogP contribution >= 0.6 is 11.6 Å². The Kier molecular flexibility index (Phi) is 4.30. The normalized spacial score (nSPS) is 16.6. The molecule has 1 aromatic rings. The van der Waals surface area contributed by atoms with E-state index in [9.17, 15) is 0 Å². The molecule has 1 aromatic heterocycles. The van der Waals surface area contributed by atoms with Crippen molar-refractivity contribution >= 4 is 17.4 Å². The van der Waals surface area contributed by atoms with Crippen molar-refractivity contribution in [1.29, 1.82) is 0 Å². The first kappa shape index (κ1) is 11.5. The van der Waals surface area contributed by atoms with E-state index >= 15 is 0 Å². The molecule has 0 radical (unpaired) electrons. The number of hydrogen-bond donors (Lipinski definition) is 1. The Hall–Kier alpha value is -0.940. The number of anilines is 1. The van der Waals surface area contributed by atoms with E-state index in [2.05, 4.69) is 25.4 Å². The molecule has 0 atom stereocenters. The fraction of sp³-hybridized carbons (Fsp3) is 0.700. The first-order valence-corrected chi connectivity index (χ1v) is 6.04. The molecule has 5 nitrogen and oxygen atoms in total. The summed E-state index contributed by atoms with van der Waals surface area (Å²) in [7, 11) is 0. The molecule has 2 heterocycles. The second-order valence-corrected chi connectivity index (χ2v) is 4.28. The number of likely N-dealkylation sites (tertiary alicyclic amines) is 1. The number of hydrogen-bond acceptors (Lipinski definition) is 5. The highest BCUT2D eigenvalue weighted by Crippen LogP contribution is 2.08. The van der Waals surface area contributed by atoms with E-state index in [4.69, 9.17) is 11.6 Å². The van der Waals surface area contributed by atoms with Crippen LogP contribution in [0.4, 0.5) is 5.82 Å². The molecule has 0 unspecified atom stereocenters. The summed E-state index contributed by atoms with van der Waals surface area (Å²) in [4.78, 5) is 6.50. The minimum Gasteiger partial charge on any atom is -0.369 e. The van der Waals surface area contributed by atoms with Gasteiger partial charge in [0.1, 0.15) is 5.82 Å². The summed E-state index contributed by atoms with van der Waals surface area (Å²) in [6.07, 6.45) is 5.39. The highest BCUT2D eigenvalue weighted by atomic mass is 35.5. The molecule has 1 N–H and O–H groups in total. The first-order valence-electron chi connectivity index (χ1n) is 5.66. The van der Waals surface area contributed by atoms with Gasteiger partial charge in [-0.15, -0.1) is 5.10 Å². The minimum atomic E-state index is 0.185. The van der Waals surface area contributed by atoms with Crippen LogP contribution in [0.15, 0.2) is 6.20 Å². The monoisotopic (exact) mass is 241 g/mol. The number of halogens is 1. The van der Waals surface area contributed by atoms with Crippen LogP contribution < -0.4 is 5.32 Å². The van der Waals surface area contributed by atoms with E-state index in [1.165, 1.54) is 25.9 Å². The molecule has 1 aliphatic rings. The Morgan fingerprint density at radius 1 is 1.38 bits per heavy atom. The van der Waals surface area contributed by atoms with Crippen LogP contribution in [0.1, 0.15) is 19.3 Å². The van der Waals surface area contributed by atoms with E-state index in [1.54, 1.807) is 6.20 Å². The van der Waals surface area contributed by atoms with E-state index in [0.29, 0.717) is 5.82 Å². The van der Waals surface area contributed by atoms with E-state index in [-0.39, 0.29) is 5.28 Å². The van der Waals surface area contributed by atoms with Gasteiger partial charge in [-0.1, -0.05) is 0 Å². The molecule has 1 saturated heterocycles. The maximum absolute atomic E-state index is 5.63. The molecule has 0 bridgehead atoms. The summed E-state index contributed by atoms with van der Waals surface area (Å²) in [6.45, 7) is 4.55. The van der Waals surface area contributed by atoms with Gasteiger partial charge >= 0.3 is 0 Å². The maximum Gasteiger partial charge on any atom is 0.244 e. The largest absolute Gasteiger partial charge is 0.369 e. The summed E-state index contributed by atoms with van der Waals surface area (Å²) >= 11 is 5.63. The molecule has 2 rings (SSSR count). The average molecular weight is 242 g/mol. The van der Waals surface area contributed by atoms with Gasteiger partial charge in [0.05, 0.1) is 6.20 Å². The first-order chi connectivity index (χ1) is 7.84. The standard InChI is InChI=1S/C10H16ClN5/c11-10-14-9(8-13-15-10)12-4-3-7-16-5-1-2-6-16/h8H,1-7H2,(H,12,14,15). The van der Waals surface area contributed by atoms with Crippen LogP contribution in [0.2, 0.25) is 5.28 Å². The second kappa shape index (κ2) is 5.96. The fourth-order valence-electron chi connectivity index (χ4n) is 1.89. The quantitative estimate of drug-likeness (QED) is 0.791. The third kappa shape index (κ3) is 3.57. The summed E-state index contributed by atoms with van der Waals surface area (Å²) in [5.41, 5.74) is 0. The molecule has 1 aliphatic heterocycles.